The largest absolute Gasteiger partial charge is 0.481 e. The van der Waals surface area contributed by atoms with Gasteiger partial charge in [-0.1, -0.05) is 48.5 Å². The quantitative estimate of drug-likeness (QED) is 0.756. The summed E-state index contributed by atoms with van der Waals surface area (Å²) in [5.41, 5.74) is 4.47. The molecule has 2 aromatic carbocycles. The number of aliphatic carboxylic acids is 1. The molecule has 0 saturated carbocycles. The lowest BCUT2D eigenvalue weighted by atomic mass is 9.98. The van der Waals surface area contributed by atoms with Crippen molar-refractivity contribution in [1.29, 1.82) is 0 Å². The lowest BCUT2D eigenvalue weighted by Crippen LogP contribution is -2.25. The molecule has 0 fully saturated rings. The molecule has 0 heterocycles. The van der Waals surface area contributed by atoms with Gasteiger partial charge >= 0.3 is 11.9 Å². The second-order valence-corrected chi connectivity index (χ2v) is 7.87. The molecule has 1 N–H and O–H groups in total. The number of carboxylic acids is 1. The highest BCUT2D eigenvalue weighted by Crippen LogP contribution is 2.44. The van der Waals surface area contributed by atoms with Gasteiger partial charge in [0.1, 0.15) is 6.61 Å². The molecule has 0 aromatic heterocycles. The van der Waals surface area contributed by atoms with Gasteiger partial charge in [0.25, 0.3) is 0 Å². The molecule has 0 spiro atoms. The maximum Gasteiger partial charge on any atom is 0.308 e. The Kier molecular flexibility index (Phi) is 5.52. The van der Waals surface area contributed by atoms with Gasteiger partial charge in [0.15, 0.2) is 0 Å². The van der Waals surface area contributed by atoms with Crippen molar-refractivity contribution in [1.82, 2.24) is 0 Å². The van der Waals surface area contributed by atoms with E-state index in [2.05, 4.69) is 0 Å². The third-order valence-corrected chi connectivity index (χ3v) is 5.44. The van der Waals surface area contributed by atoms with E-state index in [4.69, 9.17) is 9.84 Å². The van der Waals surface area contributed by atoms with Crippen LogP contribution in [-0.2, 0) is 25.1 Å². The van der Waals surface area contributed by atoms with Crippen LogP contribution in [0.15, 0.2) is 48.5 Å². The monoisotopic (exact) mass is 372 g/mol. The molecule has 2 aromatic rings. The minimum Gasteiger partial charge on any atom is -0.481 e. The molecule has 0 amide bonds. The molecule has 0 aliphatic heterocycles. The number of carboxylic acid groups (broad SMARTS) is 1. The van der Waals surface area contributed by atoms with Crippen LogP contribution < -0.4 is 0 Å². The van der Waals surface area contributed by atoms with E-state index in [1.807, 2.05) is 48.5 Å². The highest BCUT2D eigenvalue weighted by molar-refractivity contribution is 7.84. The van der Waals surface area contributed by atoms with Gasteiger partial charge in [0.2, 0.25) is 0 Å². The van der Waals surface area contributed by atoms with Gasteiger partial charge in [-0.15, -0.1) is 0 Å². The second kappa shape index (κ2) is 7.83. The van der Waals surface area contributed by atoms with Crippen LogP contribution in [0.2, 0.25) is 0 Å². The average molecular weight is 372 g/mol. The number of carbonyl (C=O) groups is 2. The maximum atomic E-state index is 12.1. The van der Waals surface area contributed by atoms with Crippen LogP contribution in [0.5, 0.6) is 0 Å². The molecule has 1 aliphatic rings. The lowest BCUT2D eigenvalue weighted by molar-refractivity contribution is -0.151. The van der Waals surface area contributed by atoms with Gasteiger partial charge in [-0.05, 0) is 22.3 Å². The Balaban J connectivity index is 1.71. The number of ether oxygens (including phenoxy) is 1. The third-order valence-electron chi connectivity index (χ3n) is 4.57. The topological polar surface area (TPSA) is 80.7 Å². The Morgan fingerprint density at radius 3 is 2.12 bits per heavy atom. The molecule has 2 atom stereocenters. The van der Waals surface area contributed by atoms with Gasteiger partial charge < -0.3 is 9.84 Å². The van der Waals surface area contributed by atoms with Gasteiger partial charge in [0.05, 0.1) is 12.3 Å². The summed E-state index contributed by atoms with van der Waals surface area (Å²) < 4.78 is 16.7. The van der Waals surface area contributed by atoms with Crippen molar-refractivity contribution in [3.63, 3.8) is 0 Å². The molecule has 136 valence electrons. The number of carbonyl (C=O) groups excluding carboxylic acids is 1. The van der Waals surface area contributed by atoms with Gasteiger partial charge in [0, 0.05) is 28.7 Å². The molecule has 0 saturated heterocycles. The predicted octanol–water partition coefficient (Wildman–Crippen LogP) is 2.81. The van der Waals surface area contributed by atoms with E-state index in [-0.39, 0.29) is 24.7 Å². The summed E-state index contributed by atoms with van der Waals surface area (Å²) in [7, 11) is -1.29. The first kappa shape index (κ1) is 18.3. The van der Waals surface area contributed by atoms with E-state index in [0.717, 1.165) is 22.3 Å². The summed E-state index contributed by atoms with van der Waals surface area (Å²) >= 11 is 0. The first-order valence-corrected chi connectivity index (χ1v) is 10.1. The van der Waals surface area contributed by atoms with Crippen molar-refractivity contribution < 1.29 is 23.6 Å². The Morgan fingerprint density at radius 1 is 1.08 bits per heavy atom. The maximum absolute atomic E-state index is 12.1. The lowest BCUT2D eigenvalue weighted by Gasteiger charge is -2.15. The Morgan fingerprint density at radius 2 is 1.62 bits per heavy atom. The normalized spacial score (nSPS) is 15.0. The highest BCUT2D eigenvalue weighted by Gasteiger charge is 2.30. The van der Waals surface area contributed by atoms with Crippen molar-refractivity contribution in [2.75, 3.05) is 18.6 Å². The summed E-state index contributed by atoms with van der Waals surface area (Å²) in [6.45, 7) is 0.161. The summed E-state index contributed by atoms with van der Waals surface area (Å²) in [6, 6.07) is 16.0. The van der Waals surface area contributed by atoms with Gasteiger partial charge in [-0.2, -0.15) is 0 Å². The zero-order chi connectivity index (χ0) is 18.7. The van der Waals surface area contributed by atoms with Crippen molar-refractivity contribution in [3.8, 4) is 11.1 Å². The number of rotatable bonds is 7. The van der Waals surface area contributed by atoms with E-state index < -0.39 is 28.7 Å². The molecule has 6 heteroatoms. The fourth-order valence-electron chi connectivity index (χ4n) is 3.38. The van der Waals surface area contributed by atoms with Gasteiger partial charge in [-0.25, -0.2) is 0 Å². The molecule has 5 nitrogen and oxygen atoms in total. The van der Waals surface area contributed by atoms with Crippen LogP contribution in [0.3, 0.4) is 0 Å². The van der Waals surface area contributed by atoms with Crippen molar-refractivity contribution in [2.24, 2.45) is 5.92 Å². The Labute approximate surface area is 154 Å². The molecule has 3 rings (SSSR count). The minimum atomic E-state index is -1.29. The first-order chi connectivity index (χ1) is 12.5. The molecule has 26 heavy (non-hydrogen) atoms. The van der Waals surface area contributed by atoms with Crippen LogP contribution in [0.4, 0.5) is 0 Å². The van der Waals surface area contributed by atoms with Crippen LogP contribution in [0.1, 0.15) is 23.5 Å². The van der Waals surface area contributed by atoms with Crippen LogP contribution in [0, 0.1) is 5.92 Å². The number of hydrogen-bond acceptors (Lipinski definition) is 4. The zero-order valence-electron chi connectivity index (χ0n) is 14.4. The van der Waals surface area contributed by atoms with Crippen molar-refractivity contribution in [3.05, 3.63) is 59.7 Å². The van der Waals surface area contributed by atoms with E-state index >= 15 is 0 Å². The van der Waals surface area contributed by atoms with E-state index in [9.17, 15) is 13.8 Å². The predicted molar refractivity (Wildman–Crippen MR) is 99.4 cm³/mol. The standard InChI is InChI=1S/C20H20O5S/c1-26(24)12-13(20(22)23)10-19(21)25-11-18-16-8-4-2-6-14(16)15-7-3-5-9-17(15)18/h2-9,13,18H,10-12H2,1H3,(H,22,23)/t13-,26?/m0/s1. The smallest absolute Gasteiger partial charge is 0.308 e. The van der Waals surface area contributed by atoms with Gasteiger partial charge in [-0.3, -0.25) is 13.8 Å². The van der Waals surface area contributed by atoms with E-state index in [1.165, 1.54) is 6.26 Å². The summed E-state index contributed by atoms with van der Waals surface area (Å²) in [4.78, 5) is 23.4. The van der Waals surface area contributed by atoms with Crippen molar-refractivity contribution in [2.45, 2.75) is 12.3 Å². The Bertz CT molecular complexity index is 815. The first-order valence-electron chi connectivity index (χ1n) is 8.34. The summed E-state index contributed by atoms with van der Waals surface area (Å²) in [6.07, 6.45) is 1.15. The van der Waals surface area contributed by atoms with Crippen LogP contribution >= 0.6 is 0 Å². The molecular weight excluding hydrogens is 352 g/mol. The minimum absolute atomic E-state index is 0.0560. The Hall–Kier alpha value is -2.47. The van der Waals surface area contributed by atoms with Crippen molar-refractivity contribution >= 4 is 22.7 Å². The number of benzene rings is 2. The van der Waals surface area contributed by atoms with Crippen LogP contribution in [-0.4, -0.2) is 39.9 Å². The molecule has 0 bridgehead atoms. The SMILES string of the molecule is CS(=O)C[C@H](CC(=O)OCC1c2ccccc2-c2ccccc21)C(=O)O. The fourth-order valence-corrected chi connectivity index (χ4v) is 4.20. The fraction of sp³-hybridized carbons (Fsp3) is 0.300. The molecular formula is C20H20O5S. The highest BCUT2D eigenvalue weighted by atomic mass is 32.2. The summed E-state index contributed by atoms with van der Waals surface area (Å²) in [5, 5.41) is 9.17. The average Bonchev–Trinajstić information content (AvgIpc) is 2.93. The van der Waals surface area contributed by atoms with Crippen LogP contribution in [0.25, 0.3) is 11.1 Å². The van der Waals surface area contributed by atoms with E-state index in [1.54, 1.807) is 0 Å². The third kappa shape index (κ3) is 3.85. The molecule has 1 unspecified atom stereocenters. The number of esters is 1. The summed E-state index contributed by atoms with van der Waals surface area (Å²) in [5.74, 6) is -2.82. The molecule has 0 radical (unpaired) electrons. The zero-order valence-corrected chi connectivity index (χ0v) is 15.2. The second-order valence-electron chi connectivity index (χ2n) is 6.39. The molecule has 1 aliphatic carbocycles. The number of hydrogen-bond donors (Lipinski definition) is 1. The van der Waals surface area contributed by atoms with E-state index in [0.29, 0.717) is 0 Å². The number of fused-ring (bicyclic) bond motifs is 3.